The highest BCUT2D eigenvalue weighted by atomic mass is 16.6. The summed E-state index contributed by atoms with van der Waals surface area (Å²) in [5, 5.41) is 0. The van der Waals surface area contributed by atoms with Gasteiger partial charge in [0.1, 0.15) is 0 Å². The number of hydrogen-bond acceptors (Lipinski definition) is 6. The van der Waals surface area contributed by atoms with Crippen molar-refractivity contribution in [2.24, 2.45) is 0 Å². The molecule has 1 aliphatic heterocycles. The second kappa shape index (κ2) is 10.9. The van der Waals surface area contributed by atoms with E-state index in [-0.39, 0.29) is 18.7 Å². The number of methoxy groups -OCH3 is 3. The van der Waals surface area contributed by atoms with Crippen LogP contribution in [0.3, 0.4) is 0 Å². The van der Waals surface area contributed by atoms with E-state index in [0.29, 0.717) is 36.6 Å². The first kappa shape index (κ1) is 24.2. The number of fused-ring (bicyclic) bond motifs is 1. The van der Waals surface area contributed by atoms with Crippen LogP contribution in [0.2, 0.25) is 0 Å². The van der Waals surface area contributed by atoms with E-state index in [4.69, 9.17) is 18.9 Å². The number of nitrogens with zero attached hydrogens (tertiary/aromatic N) is 2. The van der Waals surface area contributed by atoms with Crippen LogP contribution in [0.4, 0.5) is 15.3 Å². The number of rotatable bonds is 7. The molecule has 8 nitrogen and oxygen atoms in total. The molecule has 2 aromatic rings. The van der Waals surface area contributed by atoms with Gasteiger partial charge in [-0.15, -0.1) is 0 Å². The average molecular weight is 457 g/mol. The molecule has 8 heteroatoms. The molecule has 2 atom stereocenters. The van der Waals surface area contributed by atoms with Crippen molar-refractivity contribution < 1.29 is 28.5 Å². The highest BCUT2D eigenvalue weighted by molar-refractivity contribution is 5.91. The first-order valence-electron chi connectivity index (χ1n) is 11.1. The first-order chi connectivity index (χ1) is 15.9. The largest absolute Gasteiger partial charge is 0.493 e. The molecule has 0 bridgehead atoms. The van der Waals surface area contributed by atoms with Crippen molar-refractivity contribution in [1.82, 2.24) is 4.90 Å². The van der Waals surface area contributed by atoms with Crippen LogP contribution in [0.15, 0.2) is 42.5 Å². The monoisotopic (exact) mass is 456 g/mol. The van der Waals surface area contributed by atoms with E-state index in [0.717, 1.165) is 11.1 Å². The van der Waals surface area contributed by atoms with Crippen LogP contribution >= 0.6 is 0 Å². The Bertz CT molecular complexity index is 965. The molecular weight excluding hydrogens is 424 g/mol. The summed E-state index contributed by atoms with van der Waals surface area (Å²) in [6.07, 6.45) is 0.329. The highest BCUT2D eigenvalue weighted by Gasteiger charge is 2.40. The summed E-state index contributed by atoms with van der Waals surface area (Å²) in [5.74, 6) is 1.01. The number of carbonyl (C=O) groups excluding carboxylic acids is 2. The molecule has 178 valence electrons. The summed E-state index contributed by atoms with van der Waals surface area (Å²) in [6.45, 7) is 4.43. The molecule has 0 fully saturated rings. The maximum Gasteiger partial charge on any atom is 0.414 e. The lowest BCUT2D eigenvalue weighted by Gasteiger charge is -2.42. The van der Waals surface area contributed by atoms with Crippen LogP contribution in [0.25, 0.3) is 0 Å². The molecule has 0 saturated carbocycles. The Morgan fingerprint density at radius 3 is 2.33 bits per heavy atom. The van der Waals surface area contributed by atoms with Gasteiger partial charge in [-0.25, -0.2) is 9.59 Å². The summed E-state index contributed by atoms with van der Waals surface area (Å²) in [4.78, 5) is 29.1. The quantitative estimate of drug-likeness (QED) is 0.595. The van der Waals surface area contributed by atoms with Gasteiger partial charge < -0.3 is 23.8 Å². The summed E-state index contributed by atoms with van der Waals surface area (Å²) in [7, 11) is 4.48. The predicted molar refractivity (Wildman–Crippen MR) is 125 cm³/mol. The fourth-order valence-electron chi connectivity index (χ4n) is 4.30. The summed E-state index contributed by atoms with van der Waals surface area (Å²) < 4.78 is 21.5. The third-order valence-electron chi connectivity index (χ3n) is 5.89. The van der Waals surface area contributed by atoms with E-state index in [2.05, 4.69) is 0 Å². The lowest BCUT2D eigenvalue weighted by molar-refractivity contribution is 0.0984. The highest BCUT2D eigenvalue weighted by Crippen LogP contribution is 2.46. The molecule has 1 aliphatic rings. The molecule has 0 spiro atoms. The third-order valence-corrected chi connectivity index (χ3v) is 5.89. The van der Waals surface area contributed by atoms with Gasteiger partial charge in [0.2, 0.25) is 0 Å². The molecule has 2 aromatic carbocycles. The second-order valence-corrected chi connectivity index (χ2v) is 7.83. The van der Waals surface area contributed by atoms with Crippen LogP contribution in [0.1, 0.15) is 37.4 Å². The van der Waals surface area contributed by atoms with Gasteiger partial charge in [0.15, 0.2) is 11.5 Å². The minimum atomic E-state index is -0.439. The van der Waals surface area contributed by atoms with Crippen molar-refractivity contribution in [2.75, 3.05) is 39.4 Å². The zero-order chi connectivity index (χ0) is 24.0. The lowest BCUT2D eigenvalue weighted by Crippen LogP contribution is -2.48. The molecule has 2 amide bonds. The topological polar surface area (TPSA) is 77.5 Å². The van der Waals surface area contributed by atoms with E-state index < -0.39 is 12.2 Å². The average Bonchev–Trinajstić information content (AvgIpc) is 2.83. The number of anilines is 1. The third kappa shape index (κ3) is 5.16. The number of carbonyl (C=O) groups is 2. The van der Waals surface area contributed by atoms with Crippen LogP contribution in [-0.2, 0) is 15.9 Å². The van der Waals surface area contributed by atoms with Gasteiger partial charge >= 0.3 is 12.2 Å². The van der Waals surface area contributed by atoms with Crippen molar-refractivity contribution in [3.05, 3.63) is 53.6 Å². The summed E-state index contributed by atoms with van der Waals surface area (Å²) >= 11 is 0. The van der Waals surface area contributed by atoms with E-state index in [1.54, 1.807) is 37.0 Å². The standard InChI is InChI=1S/C25H32N2O6/c1-6-33-25(29)27-17(2)14-20(19-15-22(30-3)23(31-4)16-21(19)27)26(24(28)32-5)13-12-18-10-8-7-9-11-18/h7-11,15-17,20H,6,12-14H2,1-5H3. The van der Waals surface area contributed by atoms with Crippen molar-refractivity contribution in [2.45, 2.75) is 38.8 Å². The van der Waals surface area contributed by atoms with Crippen LogP contribution in [0.5, 0.6) is 11.5 Å². The Morgan fingerprint density at radius 1 is 1.06 bits per heavy atom. The molecule has 0 radical (unpaired) electrons. The number of hydrogen-bond donors (Lipinski definition) is 0. The molecule has 1 heterocycles. The number of amides is 2. The molecular formula is C25H32N2O6. The SMILES string of the molecule is CCOC(=O)N1c2cc(OC)c(OC)cc2C(N(CCc2ccccc2)C(=O)OC)CC1C. The smallest absolute Gasteiger partial charge is 0.414 e. The second-order valence-electron chi connectivity index (χ2n) is 7.83. The Labute approximate surface area is 195 Å². The van der Waals surface area contributed by atoms with Gasteiger partial charge in [0.05, 0.1) is 39.7 Å². The van der Waals surface area contributed by atoms with E-state index in [9.17, 15) is 9.59 Å². The van der Waals surface area contributed by atoms with Crippen LogP contribution < -0.4 is 14.4 Å². The Balaban J connectivity index is 2.06. The van der Waals surface area contributed by atoms with Gasteiger partial charge in [0.25, 0.3) is 0 Å². The van der Waals surface area contributed by atoms with Crippen LogP contribution in [0, 0.1) is 0 Å². The van der Waals surface area contributed by atoms with Gasteiger partial charge in [-0.2, -0.15) is 0 Å². The molecule has 0 N–H and O–H groups in total. The lowest BCUT2D eigenvalue weighted by atomic mass is 9.90. The fraction of sp³-hybridized carbons (Fsp3) is 0.440. The minimum Gasteiger partial charge on any atom is -0.493 e. The molecule has 0 aliphatic carbocycles. The van der Waals surface area contributed by atoms with Crippen molar-refractivity contribution in [3.8, 4) is 11.5 Å². The molecule has 3 rings (SSSR count). The number of ether oxygens (including phenoxy) is 4. The van der Waals surface area contributed by atoms with Crippen molar-refractivity contribution in [1.29, 1.82) is 0 Å². The summed E-state index contributed by atoms with van der Waals surface area (Å²) in [6, 6.07) is 13.0. The Kier molecular flexibility index (Phi) is 8.03. The van der Waals surface area contributed by atoms with Gasteiger partial charge in [-0.1, -0.05) is 30.3 Å². The minimum absolute atomic E-state index is 0.219. The maximum absolute atomic E-state index is 12.9. The normalized spacial score (nSPS) is 17.1. The Hall–Kier alpha value is -3.42. The van der Waals surface area contributed by atoms with Gasteiger partial charge in [-0.3, -0.25) is 4.90 Å². The number of benzene rings is 2. The molecule has 33 heavy (non-hydrogen) atoms. The van der Waals surface area contributed by atoms with Crippen molar-refractivity contribution >= 4 is 17.9 Å². The fourth-order valence-corrected chi connectivity index (χ4v) is 4.30. The van der Waals surface area contributed by atoms with E-state index in [1.807, 2.05) is 43.3 Å². The zero-order valence-corrected chi connectivity index (χ0v) is 19.9. The Morgan fingerprint density at radius 2 is 1.73 bits per heavy atom. The molecule has 2 unspecified atom stereocenters. The molecule has 0 saturated heterocycles. The predicted octanol–water partition coefficient (Wildman–Crippen LogP) is 4.81. The van der Waals surface area contributed by atoms with Crippen molar-refractivity contribution in [3.63, 3.8) is 0 Å². The van der Waals surface area contributed by atoms with E-state index >= 15 is 0 Å². The summed E-state index contributed by atoms with van der Waals surface area (Å²) in [5.41, 5.74) is 2.52. The maximum atomic E-state index is 12.9. The van der Waals surface area contributed by atoms with Gasteiger partial charge in [0, 0.05) is 24.2 Å². The zero-order valence-electron chi connectivity index (χ0n) is 19.9. The van der Waals surface area contributed by atoms with Gasteiger partial charge in [-0.05, 0) is 38.3 Å². The molecule has 0 aromatic heterocycles. The van der Waals surface area contributed by atoms with Crippen LogP contribution in [-0.4, -0.2) is 57.6 Å². The van der Waals surface area contributed by atoms with E-state index in [1.165, 1.54) is 7.11 Å². The first-order valence-corrected chi connectivity index (χ1v) is 11.1.